The molecule has 4 heteroatoms. The second-order valence-corrected chi connectivity index (χ2v) is 6.50. The van der Waals surface area contributed by atoms with E-state index in [1.807, 2.05) is 17.4 Å². The summed E-state index contributed by atoms with van der Waals surface area (Å²) in [5, 5.41) is 2.20. The van der Waals surface area contributed by atoms with Crippen LogP contribution in [0, 0.1) is 0 Å². The summed E-state index contributed by atoms with van der Waals surface area (Å²) in [7, 11) is 0. The zero-order valence-electron chi connectivity index (χ0n) is 12.1. The molecular weight excluding hydrogens is 268 g/mol. The van der Waals surface area contributed by atoms with Crippen molar-refractivity contribution < 1.29 is 4.42 Å². The highest BCUT2D eigenvalue weighted by atomic mass is 32.1. The highest BCUT2D eigenvalue weighted by Crippen LogP contribution is 2.39. The van der Waals surface area contributed by atoms with Crippen LogP contribution in [-0.4, -0.2) is 17.5 Å². The molecule has 0 bridgehead atoms. The second kappa shape index (κ2) is 5.72. The molecule has 0 aromatic carbocycles. The van der Waals surface area contributed by atoms with Gasteiger partial charge in [0.05, 0.1) is 12.3 Å². The predicted molar refractivity (Wildman–Crippen MR) is 82.9 cm³/mol. The first-order chi connectivity index (χ1) is 9.72. The van der Waals surface area contributed by atoms with Crippen LogP contribution in [0.4, 0.5) is 0 Å². The fraction of sp³-hybridized carbons (Fsp3) is 0.500. The van der Waals surface area contributed by atoms with Gasteiger partial charge in [-0.05, 0) is 48.9 Å². The van der Waals surface area contributed by atoms with Gasteiger partial charge >= 0.3 is 0 Å². The van der Waals surface area contributed by atoms with Crippen molar-refractivity contribution >= 4 is 11.3 Å². The molecular formula is C16H22N2OS. The zero-order chi connectivity index (χ0) is 14.1. The van der Waals surface area contributed by atoms with Gasteiger partial charge in [-0.15, -0.1) is 11.3 Å². The van der Waals surface area contributed by atoms with E-state index in [0.29, 0.717) is 6.04 Å². The Balaban J connectivity index is 1.93. The Morgan fingerprint density at radius 2 is 2.35 bits per heavy atom. The SMILES string of the molecule is CCC(N)C(c1ccco1)N1CCc2sccc2C1C. The number of furan rings is 1. The number of hydrogen-bond acceptors (Lipinski definition) is 4. The lowest BCUT2D eigenvalue weighted by atomic mass is 9.94. The quantitative estimate of drug-likeness (QED) is 0.932. The normalized spacial score (nSPS) is 22.4. The van der Waals surface area contributed by atoms with Crippen molar-refractivity contribution in [3.8, 4) is 0 Å². The van der Waals surface area contributed by atoms with E-state index in [0.717, 1.165) is 25.1 Å². The van der Waals surface area contributed by atoms with Crippen LogP contribution in [0.15, 0.2) is 34.3 Å². The van der Waals surface area contributed by atoms with Crippen molar-refractivity contribution in [2.45, 2.75) is 44.8 Å². The third-order valence-electron chi connectivity index (χ3n) is 4.39. The van der Waals surface area contributed by atoms with Crippen molar-refractivity contribution in [2.75, 3.05) is 6.54 Å². The van der Waals surface area contributed by atoms with E-state index in [-0.39, 0.29) is 12.1 Å². The Morgan fingerprint density at radius 3 is 3.05 bits per heavy atom. The van der Waals surface area contributed by atoms with Crippen LogP contribution < -0.4 is 5.73 Å². The van der Waals surface area contributed by atoms with Crippen LogP contribution in [0.3, 0.4) is 0 Å². The summed E-state index contributed by atoms with van der Waals surface area (Å²) in [6.07, 6.45) is 3.81. The molecule has 3 unspecified atom stereocenters. The first-order valence-corrected chi connectivity index (χ1v) is 8.21. The number of hydrogen-bond donors (Lipinski definition) is 1. The van der Waals surface area contributed by atoms with Crippen molar-refractivity contribution in [3.05, 3.63) is 46.0 Å². The van der Waals surface area contributed by atoms with E-state index in [1.54, 1.807) is 6.26 Å². The van der Waals surface area contributed by atoms with E-state index in [4.69, 9.17) is 10.2 Å². The molecule has 0 fully saturated rings. The summed E-state index contributed by atoms with van der Waals surface area (Å²) >= 11 is 1.87. The van der Waals surface area contributed by atoms with Crippen LogP contribution >= 0.6 is 11.3 Å². The molecule has 0 amide bonds. The minimum atomic E-state index is 0.101. The smallest absolute Gasteiger partial charge is 0.122 e. The Bertz CT molecular complexity index is 549. The van der Waals surface area contributed by atoms with Crippen LogP contribution in [0.2, 0.25) is 0 Å². The maximum atomic E-state index is 6.40. The van der Waals surface area contributed by atoms with Crippen LogP contribution in [0.5, 0.6) is 0 Å². The van der Waals surface area contributed by atoms with Crippen molar-refractivity contribution in [1.82, 2.24) is 4.90 Å². The van der Waals surface area contributed by atoms with Gasteiger partial charge in [0, 0.05) is 23.5 Å². The molecule has 0 saturated carbocycles. The van der Waals surface area contributed by atoms with E-state index in [9.17, 15) is 0 Å². The highest BCUT2D eigenvalue weighted by molar-refractivity contribution is 7.10. The second-order valence-electron chi connectivity index (χ2n) is 5.50. The molecule has 2 aromatic rings. The molecule has 0 aliphatic carbocycles. The Kier molecular flexibility index (Phi) is 3.96. The van der Waals surface area contributed by atoms with Crippen molar-refractivity contribution in [1.29, 1.82) is 0 Å². The van der Waals surface area contributed by atoms with E-state index in [1.165, 1.54) is 10.4 Å². The third kappa shape index (κ3) is 2.32. The van der Waals surface area contributed by atoms with E-state index in [2.05, 4.69) is 36.3 Å². The molecule has 2 aromatic heterocycles. The fourth-order valence-electron chi connectivity index (χ4n) is 3.21. The molecule has 0 radical (unpaired) electrons. The van der Waals surface area contributed by atoms with E-state index < -0.39 is 0 Å². The van der Waals surface area contributed by atoms with Crippen LogP contribution in [-0.2, 0) is 6.42 Å². The van der Waals surface area contributed by atoms with Gasteiger partial charge in [0.2, 0.25) is 0 Å². The average molecular weight is 290 g/mol. The maximum Gasteiger partial charge on any atom is 0.122 e. The van der Waals surface area contributed by atoms with Gasteiger partial charge < -0.3 is 10.2 Å². The molecule has 3 heterocycles. The predicted octanol–water partition coefficient (Wildman–Crippen LogP) is 3.74. The van der Waals surface area contributed by atoms with Gasteiger partial charge in [-0.25, -0.2) is 0 Å². The molecule has 1 aliphatic rings. The first kappa shape index (κ1) is 13.9. The number of thiophene rings is 1. The van der Waals surface area contributed by atoms with E-state index >= 15 is 0 Å². The molecule has 2 N–H and O–H groups in total. The van der Waals surface area contributed by atoms with Crippen LogP contribution in [0.25, 0.3) is 0 Å². The third-order valence-corrected chi connectivity index (χ3v) is 5.39. The van der Waals surface area contributed by atoms with Gasteiger partial charge in [-0.3, -0.25) is 4.90 Å². The van der Waals surface area contributed by atoms with Gasteiger partial charge in [-0.1, -0.05) is 6.92 Å². The molecule has 0 saturated heterocycles. The summed E-state index contributed by atoms with van der Waals surface area (Å²) < 4.78 is 5.67. The monoisotopic (exact) mass is 290 g/mol. The fourth-order valence-corrected chi connectivity index (χ4v) is 4.17. The molecule has 108 valence electrons. The topological polar surface area (TPSA) is 42.4 Å². The number of fused-ring (bicyclic) bond motifs is 1. The summed E-state index contributed by atoms with van der Waals surface area (Å²) in [5.74, 6) is 0.991. The molecule has 20 heavy (non-hydrogen) atoms. The minimum absolute atomic E-state index is 0.101. The lowest BCUT2D eigenvalue weighted by Crippen LogP contribution is -2.44. The van der Waals surface area contributed by atoms with Crippen molar-refractivity contribution in [2.24, 2.45) is 5.73 Å². The summed E-state index contributed by atoms with van der Waals surface area (Å²) in [5.41, 5.74) is 7.86. The number of nitrogens with zero attached hydrogens (tertiary/aromatic N) is 1. The molecule has 3 atom stereocenters. The lowest BCUT2D eigenvalue weighted by Gasteiger charge is -2.41. The molecule has 0 spiro atoms. The largest absolute Gasteiger partial charge is 0.468 e. The summed E-state index contributed by atoms with van der Waals surface area (Å²) in [6, 6.07) is 6.93. The Labute approximate surface area is 124 Å². The van der Waals surface area contributed by atoms with Gasteiger partial charge in [0.1, 0.15) is 5.76 Å². The number of rotatable bonds is 4. The Hall–Kier alpha value is -1.10. The first-order valence-electron chi connectivity index (χ1n) is 7.33. The zero-order valence-corrected chi connectivity index (χ0v) is 12.9. The molecule has 3 rings (SSSR count). The standard InChI is InChI=1S/C16H22N2OS/c1-3-13(17)16(14-5-4-9-19-14)18-8-6-15-12(11(18)2)7-10-20-15/h4-5,7,9-11,13,16H,3,6,8,17H2,1-2H3. The van der Waals surface area contributed by atoms with Crippen LogP contribution in [0.1, 0.15) is 48.6 Å². The molecule has 3 nitrogen and oxygen atoms in total. The highest BCUT2D eigenvalue weighted by Gasteiger charge is 2.35. The lowest BCUT2D eigenvalue weighted by molar-refractivity contribution is 0.0976. The minimum Gasteiger partial charge on any atom is -0.468 e. The number of nitrogens with two attached hydrogens (primary N) is 1. The average Bonchev–Trinajstić information content (AvgIpc) is 3.12. The van der Waals surface area contributed by atoms with Gasteiger partial charge in [0.25, 0.3) is 0 Å². The maximum absolute atomic E-state index is 6.40. The molecule has 1 aliphatic heterocycles. The summed E-state index contributed by atoms with van der Waals surface area (Å²) in [6.45, 7) is 5.47. The van der Waals surface area contributed by atoms with Gasteiger partial charge in [0.15, 0.2) is 0 Å². The Morgan fingerprint density at radius 1 is 1.50 bits per heavy atom. The van der Waals surface area contributed by atoms with Crippen molar-refractivity contribution in [3.63, 3.8) is 0 Å². The summed E-state index contributed by atoms with van der Waals surface area (Å²) in [4.78, 5) is 4.03. The van der Waals surface area contributed by atoms with Gasteiger partial charge in [-0.2, -0.15) is 0 Å².